The fourth-order valence-corrected chi connectivity index (χ4v) is 4.59. The van der Waals surface area contributed by atoms with Gasteiger partial charge in [-0.1, -0.05) is 12.1 Å². The fraction of sp³-hybridized carbons (Fsp3) is 0.360. The molecule has 33 heavy (non-hydrogen) atoms. The molecule has 3 heterocycles. The summed E-state index contributed by atoms with van der Waals surface area (Å²) in [5, 5.41) is 7.23. The quantitative estimate of drug-likeness (QED) is 0.604. The second-order valence-electron chi connectivity index (χ2n) is 8.64. The zero-order valence-electron chi connectivity index (χ0n) is 18.3. The average molecular weight is 451 g/mol. The van der Waals surface area contributed by atoms with Crippen molar-refractivity contribution in [2.75, 3.05) is 31.5 Å². The second-order valence-corrected chi connectivity index (χ2v) is 8.64. The number of halogens is 1. The molecule has 2 aliphatic heterocycles. The van der Waals surface area contributed by atoms with Crippen LogP contribution in [0, 0.1) is 5.82 Å². The van der Waals surface area contributed by atoms with Gasteiger partial charge < -0.3 is 24.8 Å². The van der Waals surface area contributed by atoms with E-state index in [0.29, 0.717) is 36.1 Å². The predicted molar refractivity (Wildman–Crippen MR) is 125 cm³/mol. The van der Waals surface area contributed by atoms with E-state index in [1.54, 1.807) is 16.7 Å². The molecule has 7 nitrogen and oxygen atoms in total. The van der Waals surface area contributed by atoms with Crippen molar-refractivity contribution in [3.63, 3.8) is 0 Å². The van der Waals surface area contributed by atoms with Crippen LogP contribution >= 0.6 is 0 Å². The summed E-state index contributed by atoms with van der Waals surface area (Å²) in [5.41, 5.74) is 1.23. The normalized spacial score (nSPS) is 19.2. The van der Waals surface area contributed by atoms with Crippen LogP contribution < -0.4 is 20.9 Å². The van der Waals surface area contributed by atoms with Crippen molar-refractivity contribution in [2.24, 2.45) is 0 Å². The fourth-order valence-electron chi connectivity index (χ4n) is 4.59. The van der Waals surface area contributed by atoms with E-state index in [1.165, 1.54) is 18.2 Å². The van der Waals surface area contributed by atoms with Crippen molar-refractivity contribution in [3.8, 4) is 5.75 Å². The molecular weight excluding hydrogens is 423 g/mol. The van der Waals surface area contributed by atoms with E-state index in [0.717, 1.165) is 37.9 Å². The Labute approximate surface area is 191 Å². The first-order chi connectivity index (χ1) is 16.1. The van der Waals surface area contributed by atoms with E-state index in [-0.39, 0.29) is 17.3 Å². The molecule has 3 aromatic rings. The minimum atomic E-state index is -0.545. The minimum Gasteiger partial charge on any atom is -0.477 e. The SMILES string of the molecule is O=C1Nc2ccccc2OC1CNC1CCN(CCn2c(=O)ccc3ccc(F)cc32)CC1. The number of piperidine rings is 1. The van der Waals surface area contributed by atoms with E-state index in [2.05, 4.69) is 15.5 Å². The van der Waals surface area contributed by atoms with Gasteiger partial charge in [0.1, 0.15) is 11.6 Å². The highest BCUT2D eigenvalue weighted by atomic mass is 19.1. The standard InChI is InChI=1S/C25H27FN4O3/c26-18-7-5-17-6-8-24(31)30(21(17)15-18)14-13-29-11-9-19(10-12-29)27-16-23-25(32)28-20-3-1-2-4-22(20)33-23/h1-8,15,19,23,27H,9-14,16H2,(H,28,32). The third kappa shape index (κ3) is 4.77. The average Bonchev–Trinajstić information content (AvgIpc) is 2.83. The van der Waals surface area contributed by atoms with Gasteiger partial charge >= 0.3 is 0 Å². The van der Waals surface area contributed by atoms with Gasteiger partial charge in [0, 0.05) is 31.7 Å². The molecule has 1 unspecified atom stereocenters. The lowest BCUT2D eigenvalue weighted by atomic mass is 10.0. The van der Waals surface area contributed by atoms with E-state index in [9.17, 15) is 14.0 Å². The van der Waals surface area contributed by atoms with Crippen molar-refractivity contribution in [1.82, 2.24) is 14.8 Å². The van der Waals surface area contributed by atoms with E-state index < -0.39 is 6.10 Å². The lowest BCUT2D eigenvalue weighted by Gasteiger charge is -2.34. The van der Waals surface area contributed by atoms with E-state index in [4.69, 9.17) is 4.74 Å². The number of hydrogen-bond acceptors (Lipinski definition) is 5. The Morgan fingerprint density at radius 2 is 1.82 bits per heavy atom. The molecule has 1 fully saturated rings. The maximum atomic E-state index is 13.7. The first kappa shape index (κ1) is 21.6. The van der Waals surface area contributed by atoms with Gasteiger partial charge in [-0.25, -0.2) is 4.39 Å². The number of ether oxygens (including phenoxy) is 1. The number of nitrogens with zero attached hydrogens (tertiary/aromatic N) is 2. The number of anilines is 1. The molecule has 1 amide bonds. The van der Waals surface area contributed by atoms with E-state index >= 15 is 0 Å². The van der Waals surface area contributed by atoms with Crippen LogP contribution in [0.3, 0.4) is 0 Å². The number of rotatable bonds is 6. The molecule has 0 bridgehead atoms. The number of nitrogens with one attached hydrogen (secondary N) is 2. The number of carbonyl (C=O) groups excluding carboxylic acids is 1. The maximum absolute atomic E-state index is 13.7. The molecule has 2 aliphatic rings. The Morgan fingerprint density at radius 3 is 2.67 bits per heavy atom. The van der Waals surface area contributed by atoms with Crippen LogP contribution in [0.15, 0.2) is 59.4 Å². The monoisotopic (exact) mass is 450 g/mol. The largest absolute Gasteiger partial charge is 0.477 e. The second kappa shape index (κ2) is 9.33. The van der Waals surface area contributed by atoms with Gasteiger partial charge in [-0.15, -0.1) is 0 Å². The van der Waals surface area contributed by atoms with Crippen LogP contribution in [0.4, 0.5) is 10.1 Å². The summed E-state index contributed by atoms with van der Waals surface area (Å²) < 4.78 is 21.2. The maximum Gasteiger partial charge on any atom is 0.266 e. The highest BCUT2D eigenvalue weighted by molar-refractivity contribution is 5.97. The third-order valence-corrected chi connectivity index (χ3v) is 6.48. The Hall–Kier alpha value is -3.23. The first-order valence-corrected chi connectivity index (χ1v) is 11.4. The molecule has 2 aromatic carbocycles. The molecule has 2 N–H and O–H groups in total. The zero-order valence-corrected chi connectivity index (χ0v) is 18.3. The number of para-hydroxylation sites is 2. The highest BCUT2D eigenvalue weighted by Crippen LogP contribution is 2.28. The highest BCUT2D eigenvalue weighted by Gasteiger charge is 2.28. The molecule has 0 aliphatic carbocycles. The van der Waals surface area contributed by atoms with Gasteiger partial charge in [-0.05, 0) is 67.7 Å². The number of hydrogen-bond donors (Lipinski definition) is 2. The van der Waals surface area contributed by atoms with Gasteiger partial charge in [-0.2, -0.15) is 0 Å². The van der Waals surface area contributed by atoms with E-state index in [1.807, 2.05) is 24.3 Å². The molecule has 0 saturated carbocycles. The Kier molecular flexibility index (Phi) is 6.11. The minimum absolute atomic E-state index is 0.114. The first-order valence-electron chi connectivity index (χ1n) is 11.4. The number of benzene rings is 2. The summed E-state index contributed by atoms with van der Waals surface area (Å²) in [6, 6.07) is 15.6. The van der Waals surface area contributed by atoms with Crippen molar-refractivity contribution < 1.29 is 13.9 Å². The van der Waals surface area contributed by atoms with Crippen LogP contribution in [0.1, 0.15) is 12.8 Å². The van der Waals surface area contributed by atoms with Gasteiger partial charge in [0.25, 0.3) is 11.5 Å². The lowest BCUT2D eigenvalue weighted by molar-refractivity contribution is -0.123. The zero-order chi connectivity index (χ0) is 22.8. The summed E-state index contributed by atoms with van der Waals surface area (Å²) in [7, 11) is 0. The topological polar surface area (TPSA) is 75.6 Å². The summed E-state index contributed by atoms with van der Waals surface area (Å²) in [5.74, 6) is 0.228. The Morgan fingerprint density at radius 1 is 1.03 bits per heavy atom. The molecule has 1 aromatic heterocycles. The van der Waals surface area contributed by atoms with Gasteiger partial charge in [-0.3, -0.25) is 9.59 Å². The van der Waals surface area contributed by atoms with Crippen LogP contribution in [0.5, 0.6) is 5.75 Å². The smallest absolute Gasteiger partial charge is 0.266 e. The van der Waals surface area contributed by atoms with Crippen molar-refractivity contribution in [2.45, 2.75) is 31.5 Å². The molecule has 1 atom stereocenters. The third-order valence-electron chi connectivity index (χ3n) is 6.48. The molecule has 0 radical (unpaired) electrons. The van der Waals surface area contributed by atoms with Crippen LogP contribution in [0.2, 0.25) is 0 Å². The Bertz CT molecular complexity index is 1220. The van der Waals surface area contributed by atoms with Crippen LogP contribution in [-0.2, 0) is 11.3 Å². The van der Waals surface area contributed by atoms with Crippen LogP contribution in [0.25, 0.3) is 10.9 Å². The summed E-state index contributed by atoms with van der Waals surface area (Å²) in [6.07, 6.45) is 1.35. The predicted octanol–water partition coefficient (Wildman–Crippen LogP) is 2.59. The van der Waals surface area contributed by atoms with Crippen LogP contribution in [-0.4, -0.2) is 53.7 Å². The van der Waals surface area contributed by atoms with Crippen molar-refractivity contribution in [3.05, 3.63) is 70.8 Å². The van der Waals surface area contributed by atoms with Crippen molar-refractivity contribution in [1.29, 1.82) is 0 Å². The number of carbonyl (C=O) groups is 1. The molecule has 1 saturated heterocycles. The summed E-state index contributed by atoms with van der Waals surface area (Å²) in [6.45, 7) is 3.50. The molecular formula is C25H27FN4O3. The number of fused-ring (bicyclic) bond motifs is 2. The molecule has 0 spiro atoms. The summed E-state index contributed by atoms with van der Waals surface area (Å²) >= 11 is 0. The number of aromatic nitrogens is 1. The van der Waals surface area contributed by atoms with Gasteiger partial charge in [0.2, 0.25) is 0 Å². The van der Waals surface area contributed by atoms with Gasteiger partial charge in [0.15, 0.2) is 6.10 Å². The lowest BCUT2D eigenvalue weighted by Crippen LogP contribution is -2.49. The Balaban J connectivity index is 1.12. The van der Waals surface area contributed by atoms with Crippen molar-refractivity contribution >= 4 is 22.5 Å². The number of amides is 1. The van der Waals surface area contributed by atoms with Gasteiger partial charge in [0.05, 0.1) is 11.2 Å². The summed E-state index contributed by atoms with van der Waals surface area (Å²) in [4.78, 5) is 27.0. The number of pyridine rings is 1. The molecule has 8 heteroatoms. The molecule has 5 rings (SSSR count). The molecule has 172 valence electrons. The number of likely N-dealkylation sites (tertiary alicyclic amines) is 1.